The van der Waals surface area contributed by atoms with Crippen molar-refractivity contribution in [2.45, 2.75) is 73.4 Å². The van der Waals surface area contributed by atoms with E-state index in [2.05, 4.69) is 16.9 Å². The average Bonchev–Trinajstić information content (AvgIpc) is 2.79. The molecule has 0 bridgehead atoms. The number of carbonyl (C=O) groups excluding carboxylic acids is 1. The zero-order valence-corrected chi connectivity index (χ0v) is 23.0. The Morgan fingerprint density at radius 1 is 1.11 bits per heavy atom. The van der Waals surface area contributed by atoms with Crippen molar-refractivity contribution in [3.05, 3.63) is 87.0 Å². The highest BCUT2D eigenvalue weighted by Crippen LogP contribution is 2.23. The molecule has 0 saturated carbocycles. The molecule has 1 amide bonds. The number of hydrogen-bond donors (Lipinski definition) is 2. The molecule has 0 spiro atoms. The molecule has 0 aliphatic rings. The molecule has 2 N–H and O–H groups in total. The van der Waals surface area contributed by atoms with Gasteiger partial charge in [-0.1, -0.05) is 38.6 Å². The molecule has 0 radical (unpaired) electrons. The number of carbonyl (C=O) groups is 2. The van der Waals surface area contributed by atoms with Gasteiger partial charge < -0.3 is 15.0 Å². The Morgan fingerprint density at radius 2 is 1.73 bits per heavy atom. The largest absolute Gasteiger partial charge is 0.481 e. The van der Waals surface area contributed by atoms with Gasteiger partial charge in [0.1, 0.15) is 6.04 Å². The summed E-state index contributed by atoms with van der Waals surface area (Å²) in [6.45, 7) is 17.7. The number of nitrogens with zero attached hydrogens (tertiary/aromatic N) is 2. The van der Waals surface area contributed by atoms with Crippen LogP contribution in [0.15, 0.2) is 58.6 Å². The molecular weight excluding hydrogens is 466 g/mol. The second-order valence-corrected chi connectivity index (χ2v) is 10.1. The number of aliphatic carboxylic acids is 1. The number of benzene rings is 1. The van der Waals surface area contributed by atoms with Crippen molar-refractivity contribution in [2.24, 2.45) is 10.9 Å². The van der Waals surface area contributed by atoms with Crippen LogP contribution in [0.1, 0.15) is 67.5 Å². The lowest BCUT2D eigenvalue weighted by Crippen LogP contribution is -2.44. The molecule has 1 aromatic heterocycles. The van der Waals surface area contributed by atoms with E-state index in [0.717, 1.165) is 33.4 Å². The van der Waals surface area contributed by atoms with Gasteiger partial charge in [-0.2, -0.15) is 0 Å². The number of allylic oxidation sites excluding steroid dienone is 1. The number of pyridine rings is 1. The molecule has 1 heterocycles. The molecule has 0 saturated heterocycles. The van der Waals surface area contributed by atoms with Crippen LogP contribution in [0.3, 0.4) is 0 Å². The van der Waals surface area contributed by atoms with Crippen LogP contribution in [-0.2, 0) is 9.59 Å². The minimum atomic E-state index is -1.08. The van der Waals surface area contributed by atoms with Gasteiger partial charge in [0.15, 0.2) is 0 Å². The summed E-state index contributed by atoms with van der Waals surface area (Å²) in [6.07, 6.45) is 4.94. The summed E-state index contributed by atoms with van der Waals surface area (Å²) >= 11 is 0. The third kappa shape index (κ3) is 8.13. The third-order valence-electron chi connectivity index (χ3n) is 6.41. The maximum atomic E-state index is 13.4. The van der Waals surface area contributed by atoms with E-state index in [1.54, 1.807) is 12.4 Å². The number of aryl methyl sites for hydroxylation is 4. The van der Waals surface area contributed by atoms with Crippen LogP contribution in [0.2, 0.25) is 0 Å². The number of carboxylic acids is 1. The maximum Gasteiger partial charge on any atom is 0.305 e. The number of hydrogen-bond acceptors (Lipinski definition) is 4. The van der Waals surface area contributed by atoms with Crippen molar-refractivity contribution in [1.29, 1.82) is 0 Å². The highest BCUT2D eigenvalue weighted by Gasteiger charge is 2.27. The molecule has 37 heavy (non-hydrogen) atoms. The number of amides is 1. The fourth-order valence-electron chi connectivity index (χ4n) is 4.34. The summed E-state index contributed by atoms with van der Waals surface area (Å²) < 4.78 is 1.43. The molecule has 2 atom stereocenters. The number of nitrogens with one attached hydrogen (secondary N) is 1. The summed E-state index contributed by atoms with van der Waals surface area (Å²) in [5.41, 5.74) is 6.17. The van der Waals surface area contributed by atoms with Gasteiger partial charge in [-0.15, -0.1) is 0 Å². The first-order valence-electron chi connectivity index (χ1n) is 12.5. The number of aliphatic imine (C=N–C) groups is 1. The van der Waals surface area contributed by atoms with Crippen LogP contribution in [0, 0.1) is 33.6 Å². The van der Waals surface area contributed by atoms with E-state index in [4.69, 9.17) is 0 Å². The first kappa shape index (κ1) is 29.5. The highest BCUT2D eigenvalue weighted by atomic mass is 16.4. The van der Waals surface area contributed by atoms with E-state index in [-0.39, 0.29) is 17.9 Å². The summed E-state index contributed by atoms with van der Waals surface area (Å²) in [7, 11) is 0. The van der Waals surface area contributed by atoms with E-state index in [1.165, 1.54) is 16.8 Å². The Hall–Kier alpha value is -3.74. The van der Waals surface area contributed by atoms with E-state index in [9.17, 15) is 19.5 Å². The zero-order valence-electron chi connectivity index (χ0n) is 23.0. The molecule has 0 aliphatic heterocycles. The van der Waals surface area contributed by atoms with Gasteiger partial charge in [0, 0.05) is 24.7 Å². The van der Waals surface area contributed by atoms with Gasteiger partial charge in [0.2, 0.25) is 5.91 Å². The van der Waals surface area contributed by atoms with Crippen LogP contribution in [0.4, 0.5) is 0 Å². The number of carboxylic acid groups (broad SMARTS) is 1. The molecule has 7 nitrogen and oxygen atoms in total. The molecule has 198 valence electrons. The van der Waals surface area contributed by atoms with Gasteiger partial charge in [-0.25, -0.2) is 0 Å². The highest BCUT2D eigenvalue weighted by molar-refractivity contribution is 5.87. The van der Waals surface area contributed by atoms with Gasteiger partial charge in [0.05, 0.1) is 12.5 Å². The van der Waals surface area contributed by atoms with Crippen LogP contribution >= 0.6 is 0 Å². The Balaban J connectivity index is 2.31. The normalized spacial score (nSPS) is 13.6. The van der Waals surface area contributed by atoms with Crippen molar-refractivity contribution >= 4 is 23.7 Å². The van der Waals surface area contributed by atoms with Crippen molar-refractivity contribution in [3.63, 3.8) is 0 Å². The summed E-state index contributed by atoms with van der Waals surface area (Å²) in [5, 5.41) is 12.3. The van der Waals surface area contributed by atoms with E-state index >= 15 is 0 Å². The lowest BCUT2D eigenvalue weighted by molar-refractivity contribution is -0.137. The second kappa shape index (κ2) is 13.0. The molecule has 0 aliphatic carbocycles. The minimum absolute atomic E-state index is 0.130. The first-order valence-corrected chi connectivity index (χ1v) is 12.5. The van der Waals surface area contributed by atoms with Crippen LogP contribution in [0.5, 0.6) is 0 Å². The molecule has 2 rings (SSSR count). The van der Waals surface area contributed by atoms with E-state index in [1.807, 2.05) is 66.7 Å². The summed E-state index contributed by atoms with van der Waals surface area (Å²) in [5.74, 6) is -1.38. The standard InChI is InChI=1S/C30H39N3O4/c1-18(2)12-26(33-17-24(8)21(5)13-27(33)34)30(37)32-25(14-28(35)36)22(6)15-31-16-23(7)29-19(3)10-9-11-20(29)4/h9-11,13,15-18,25-26H,6,12,14H2,1-5,7-8H3,(H,32,37)(H,35,36)/b23-16+,31-15?/t25-,26?/m1/s1. The fourth-order valence-corrected chi connectivity index (χ4v) is 4.34. The Morgan fingerprint density at radius 3 is 2.30 bits per heavy atom. The Bertz CT molecular complexity index is 1260. The average molecular weight is 506 g/mol. The van der Waals surface area contributed by atoms with Gasteiger partial charge >= 0.3 is 5.97 Å². The molecule has 1 unspecified atom stereocenters. The Kier molecular flexibility index (Phi) is 10.4. The van der Waals surface area contributed by atoms with Crippen molar-refractivity contribution in [1.82, 2.24) is 9.88 Å². The second-order valence-electron chi connectivity index (χ2n) is 10.1. The lowest BCUT2D eigenvalue weighted by atomic mass is 9.97. The smallest absolute Gasteiger partial charge is 0.305 e. The predicted octanol–water partition coefficient (Wildman–Crippen LogP) is 5.32. The monoisotopic (exact) mass is 505 g/mol. The number of aromatic nitrogens is 1. The fraction of sp³-hybridized carbons (Fsp3) is 0.400. The third-order valence-corrected chi connectivity index (χ3v) is 6.41. The predicted molar refractivity (Wildman–Crippen MR) is 150 cm³/mol. The number of rotatable bonds is 11. The van der Waals surface area contributed by atoms with Crippen LogP contribution in [-0.4, -0.2) is 33.8 Å². The summed E-state index contributed by atoms with van der Waals surface area (Å²) in [4.78, 5) is 42.1. The molecule has 7 heteroatoms. The topological polar surface area (TPSA) is 101 Å². The van der Waals surface area contributed by atoms with Gasteiger partial charge in [0.25, 0.3) is 5.56 Å². The first-order chi connectivity index (χ1) is 17.3. The van der Waals surface area contributed by atoms with Crippen molar-refractivity contribution in [2.75, 3.05) is 0 Å². The van der Waals surface area contributed by atoms with Crippen LogP contribution < -0.4 is 10.9 Å². The van der Waals surface area contributed by atoms with Gasteiger partial charge in [-0.3, -0.25) is 19.4 Å². The molecule has 2 aromatic rings. The van der Waals surface area contributed by atoms with E-state index in [0.29, 0.717) is 12.0 Å². The molecule has 1 aromatic carbocycles. The minimum Gasteiger partial charge on any atom is -0.481 e. The van der Waals surface area contributed by atoms with Crippen molar-refractivity contribution in [3.8, 4) is 0 Å². The quantitative estimate of drug-likeness (QED) is 0.404. The maximum absolute atomic E-state index is 13.4. The van der Waals surface area contributed by atoms with Gasteiger partial charge in [-0.05, 0) is 85.9 Å². The molecular formula is C30H39N3O4. The van der Waals surface area contributed by atoms with Crippen LogP contribution in [0.25, 0.3) is 5.57 Å². The lowest BCUT2D eigenvalue weighted by Gasteiger charge is -2.25. The molecule has 0 fully saturated rings. The van der Waals surface area contributed by atoms with E-state index < -0.39 is 24.0 Å². The zero-order chi connectivity index (χ0) is 27.9. The summed E-state index contributed by atoms with van der Waals surface area (Å²) in [6, 6.07) is 5.94. The Labute approximate surface area is 219 Å². The van der Waals surface area contributed by atoms with Crippen molar-refractivity contribution < 1.29 is 14.7 Å². The SMILES string of the molecule is C=C(C=N/C=C(\C)c1c(C)cccc1C)[C@@H](CC(=O)O)NC(=O)C(CC(C)C)n1cc(C)c(C)cc1=O.